The van der Waals surface area contributed by atoms with Gasteiger partial charge in [-0.15, -0.1) is 11.8 Å². The molecule has 0 spiro atoms. The molecule has 1 aromatic carbocycles. The van der Waals surface area contributed by atoms with Crippen molar-refractivity contribution in [2.75, 3.05) is 5.75 Å². The van der Waals surface area contributed by atoms with E-state index in [0.29, 0.717) is 17.0 Å². The Bertz CT molecular complexity index is 699. The van der Waals surface area contributed by atoms with E-state index in [0.717, 1.165) is 50.3 Å². The van der Waals surface area contributed by atoms with Gasteiger partial charge < -0.3 is 10.6 Å². The number of amides is 2. The van der Waals surface area contributed by atoms with E-state index in [9.17, 15) is 19.7 Å². The van der Waals surface area contributed by atoms with E-state index in [1.54, 1.807) is 0 Å². The Morgan fingerprint density at radius 2 is 1.84 bits per heavy atom. The molecule has 0 aromatic heterocycles. The molecule has 134 valence electrons. The highest BCUT2D eigenvalue weighted by Crippen LogP contribution is 2.36. The van der Waals surface area contributed by atoms with E-state index in [4.69, 9.17) is 5.73 Å². The highest BCUT2D eigenvalue weighted by molar-refractivity contribution is 8.00. The van der Waals surface area contributed by atoms with Crippen molar-refractivity contribution >= 4 is 29.3 Å². The molecule has 2 aliphatic rings. The first-order chi connectivity index (χ1) is 12.0. The molecule has 1 aromatic rings. The van der Waals surface area contributed by atoms with Crippen molar-refractivity contribution in [2.45, 2.75) is 55.5 Å². The van der Waals surface area contributed by atoms with Crippen molar-refractivity contribution in [1.29, 1.82) is 0 Å². The summed E-state index contributed by atoms with van der Waals surface area (Å²) in [6, 6.07) is 4.80. The lowest BCUT2D eigenvalue weighted by Gasteiger charge is -2.29. The Balaban J connectivity index is 1.70. The molecule has 0 unspecified atom stereocenters. The highest BCUT2D eigenvalue weighted by Gasteiger charge is 2.38. The fraction of sp³-hybridized carbons (Fsp3) is 0.529. The maximum Gasteiger partial charge on any atom is 0.283 e. The topological polar surface area (TPSA) is 107 Å². The van der Waals surface area contributed by atoms with Gasteiger partial charge in [-0.2, -0.15) is 0 Å². The zero-order valence-electron chi connectivity index (χ0n) is 13.8. The van der Waals surface area contributed by atoms with Crippen LogP contribution in [0.3, 0.4) is 0 Å². The van der Waals surface area contributed by atoms with Crippen LogP contribution >= 0.6 is 11.8 Å². The predicted molar refractivity (Wildman–Crippen MR) is 94.5 cm³/mol. The number of primary amides is 1. The van der Waals surface area contributed by atoms with Gasteiger partial charge in [0, 0.05) is 23.7 Å². The first-order valence-electron chi connectivity index (χ1n) is 8.49. The van der Waals surface area contributed by atoms with E-state index in [1.165, 1.54) is 18.2 Å². The Kier molecular flexibility index (Phi) is 5.27. The van der Waals surface area contributed by atoms with Crippen LogP contribution in [0.2, 0.25) is 0 Å². The quantitative estimate of drug-likeness (QED) is 0.455. The number of thioether (sulfide) groups is 1. The molecule has 0 atom stereocenters. The van der Waals surface area contributed by atoms with Gasteiger partial charge in [0.1, 0.15) is 0 Å². The van der Waals surface area contributed by atoms with Gasteiger partial charge in [-0.3, -0.25) is 19.7 Å². The first-order valence-corrected chi connectivity index (χ1v) is 9.48. The van der Waals surface area contributed by atoms with Crippen LogP contribution in [0.15, 0.2) is 23.1 Å². The number of carbonyl (C=O) groups excluding carboxylic acids is 2. The van der Waals surface area contributed by atoms with Crippen molar-refractivity contribution in [3.05, 3.63) is 33.9 Å². The van der Waals surface area contributed by atoms with E-state index in [1.807, 2.05) is 4.90 Å². The zero-order valence-corrected chi connectivity index (χ0v) is 14.7. The molecule has 7 nitrogen and oxygen atoms in total. The van der Waals surface area contributed by atoms with Crippen LogP contribution in [0.5, 0.6) is 0 Å². The lowest BCUT2D eigenvalue weighted by molar-refractivity contribution is -0.387. The summed E-state index contributed by atoms with van der Waals surface area (Å²) in [4.78, 5) is 37.0. The molecule has 2 N–H and O–H groups in total. The molecular weight excluding hydrogens is 342 g/mol. The smallest absolute Gasteiger partial charge is 0.283 e. The second kappa shape index (κ2) is 7.43. The molecular formula is C17H21N3O4S. The number of rotatable bonds is 7. The summed E-state index contributed by atoms with van der Waals surface area (Å²) in [6.45, 7) is 0. The van der Waals surface area contributed by atoms with Crippen LogP contribution < -0.4 is 5.73 Å². The number of nitrogens with zero attached hydrogens (tertiary/aromatic N) is 2. The van der Waals surface area contributed by atoms with Crippen molar-refractivity contribution in [1.82, 2.24) is 4.90 Å². The highest BCUT2D eigenvalue weighted by atomic mass is 32.2. The van der Waals surface area contributed by atoms with Crippen LogP contribution in [0, 0.1) is 10.1 Å². The summed E-state index contributed by atoms with van der Waals surface area (Å²) < 4.78 is 0. The molecule has 25 heavy (non-hydrogen) atoms. The molecule has 2 fully saturated rings. The van der Waals surface area contributed by atoms with E-state index < -0.39 is 10.8 Å². The Labute approximate surface area is 150 Å². The normalized spacial score (nSPS) is 17.4. The van der Waals surface area contributed by atoms with Gasteiger partial charge in [-0.05, 0) is 37.8 Å². The van der Waals surface area contributed by atoms with Crippen molar-refractivity contribution in [2.24, 2.45) is 5.73 Å². The van der Waals surface area contributed by atoms with E-state index in [2.05, 4.69) is 0 Å². The Morgan fingerprint density at radius 3 is 2.40 bits per heavy atom. The SMILES string of the molecule is NC(=O)c1ccc(SCC(=O)N(C2CCCC2)C2CC2)c([N+](=O)[O-])c1. The molecule has 0 radical (unpaired) electrons. The maximum absolute atomic E-state index is 12.7. The third kappa shape index (κ3) is 4.12. The summed E-state index contributed by atoms with van der Waals surface area (Å²) in [5, 5.41) is 11.2. The third-order valence-corrected chi connectivity index (χ3v) is 5.79. The van der Waals surface area contributed by atoms with E-state index >= 15 is 0 Å². The van der Waals surface area contributed by atoms with Crippen molar-refractivity contribution in [3.8, 4) is 0 Å². The fourth-order valence-corrected chi connectivity index (χ4v) is 4.26. The maximum atomic E-state index is 12.7. The van der Waals surface area contributed by atoms with Crippen LogP contribution in [-0.4, -0.2) is 39.5 Å². The number of nitro benzene ring substituents is 1. The Morgan fingerprint density at radius 1 is 1.20 bits per heavy atom. The van der Waals surface area contributed by atoms with Crippen LogP contribution in [-0.2, 0) is 4.79 Å². The average Bonchev–Trinajstić information content (AvgIpc) is 3.26. The van der Waals surface area contributed by atoms with Gasteiger partial charge in [0.15, 0.2) is 0 Å². The molecule has 0 heterocycles. The molecule has 3 rings (SSSR count). The van der Waals surface area contributed by atoms with Gasteiger partial charge in [-0.25, -0.2) is 0 Å². The second-order valence-corrected chi connectivity index (χ2v) is 7.58. The van der Waals surface area contributed by atoms with Gasteiger partial charge >= 0.3 is 0 Å². The van der Waals surface area contributed by atoms with Gasteiger partial charge in [0.25, 0.3) is 5.69 Å². The molecule has 0 saturated heterocycles. The summed E-state index contributed by atoms with van der Waals surface area (Å²) in [7, 11) is 0. The summed E-state index contributed by atoms with van der Waals surface area (Å²) in [6.07, 6.45) is 6.55. The number of benzene rings is 1. The minimum Gasteiger partial charge on any atom is -0.366 e. The first kappa shape index (κ1) is 17.7. The fourth-order valence-electron chi connectivity index (χ4n) is 3.39. The van der Waals surface area contributed by atoms with Crippen LogP contribution in [0.1, 0.15) is 48.9 Å². The lowest BCUT2D eigenvalue weighted by Crippen LogP contribution is -2.41. The minimum atomic E-state index is -0.711. The third-order valence-electron chi connectivity index (χ3n) is 4.74. The van der Waals surface area contributed by atoms with Crippen molar-refractivity contribution < 1.29 is 14.5 Å². The number of carbonyl (C=O) groups is 2. The van der Waals surface area contributed by atoms with Gasteiger partial charge in [0.2, 0.25) is 11.8 Å². The monoisotopic (exact) mass is 363 g/mol. The zero-order chi connectivity index (χ0) is 18.0. The van der Waals surface area contributed by atoms with Gasteiger partial charge in [-0.1, -0.05) is 12.8 Å². The Hall–Kier alpha value is -2.09. The number of nitrogens with two attached hydrogens (primary N) is 1. The van der Waals surface area contributed by atoms with Crippen LogP contribution in [0.25, 0.3) is 0 Å². The van der Waals surface area contributed by atoms with Crippen molar-refractivity contribution in [3.63, 3.8) is 0 Å². The minimum absolute atomic E-state index is 0.0488. The molecule has 2 saturated carbocycles. The molecule has 0 bridgehead atoms. The number of nitro groups is 1. The molecule has 8 heteroatoms. The van der Waals surface area contributed by atoms with Gasteiger partial charge in [0.05, 0.1) is 15.6 Å². The number of hydrogen-bond acceptors (Lipinski definition) is 5. The molecule has 0 aliphatic heterocycles. The lowest BCUT2D eigenvalue weighted by atomic mass is 10.2. The number of hydrogen-bond donors (Lipinski definition) is 1. The van der Waals surface area contributed by atoms with Crippen LogP contribution in [0.4, 0.5) is 5.69 Å². The standard InChI is InChI=1S/C17H21N3O4S/c18-17(22)11-5-8-15(14(9-11)20(23)24)25-10-16(21)19(13-6-7-13)12-3-1-2-4-12/h5,8-9,12-13H,1-4,6-7,10H2,(H2,18,22). The average molecular weight is 363 g/mol. The molecule has 2 amide bonds. The summed E-state index contributed by atoms with van der Waals surface area (Å²) >= 11 is 1.15. The largest absolute Gasteiger partial charge is 0.366 e. The predicted octanol–water partition coefficient (Wildman–Crippen LogP) is 2.72. The van der Waals surface area contributed by atoms with E-state index in [-0.39, 0.29) is 22.9 Å². The summed E-state index contributed by atoms with van der Waals surface area (Å²) in [5.74, 6) is -0.492. The second-order valence-electron chi connectivity index (χ2n) is 6.56. The summed E-state index contributed by atoms with van der Waals surface area (Å²) in [5.41, 5.74) is 5.08. The molecule has 2 aliphatic carbocycles.